The average molecular weight is 450 g/mol. The van der Waals surface area contributed by atoms with E-state index in [1.807, 2.05) is 30.3 Å². The molecule has 4 N–H and O–H groups in total. The molecule has 0 aliphatic carbocycles. The number of benzene rings is 4. The molecule has 4 aromatic carbocycles. The van der Waals surface area contributed by atoms with Crippen LogP contribution in [0.2, 0.25) is 0 Å². The molecule has 0 aliphatic heterocycles. The molecule has 7 nitrogen and oxygen atoms in total. The molecule has 0 spiro atoms. The maximum Gasteiger partial charge on any atom is 0.271 e. The summed E-state index contributed by atoms with van der Waals surface area (Å²) in [5.41, 5.74) is 8.81. The molecule has 0 bridgehead atoms. The van der Waals surface area contributed by atoms with Crippen molar-refractivity contribution < 1.29 is 9.59 Å². The van der Waals surface area contributed by atoms with E-state index in [0.717, 1.165) is 27.7 Å². The van der Waals surface area contributed by atoms with Crippen LogP contribution in [-0.2, 0) is 4.79 Å². The van der Waals surface area contributed by atoms with Crippen LogP contribution in [0.25, 0.3) is 38.5 Å². The van der Waals surface area contributed by atoms with Gasteiger partial charge in [-0.05, 0) is 57.9 Å². The highest BCUT2D eigenvalue weighted by Crippen LogP contribution is 2.31. The lowest BCUT2D eigenvalue weighted by Gasteiger charge is -2.11. The quantitative estimate of drug-likeness (QED) is 0.352. The van der Waals surface area contributed by atoms with Crippen molar-refractivity contribution in [2.45, 2.75) is 0 Å². The number of aromatic nitrogens is 2. The van der Waals surface area contributed by atoms with Gasteiger partial charge < -0.3 is 16.4 Å². The van der Waals surface area contributed by atoms with Crippen molar-refractivity contribution in [2.24, 2.45) is 5.73 Å². The molecule has 0 saturated heterocycles. The molecule has 7 heteroatoms. The van der Waals surface area contributed by atoms with Crippen molar-refractivity contribution in [3.05, 3.63) is 90.6 Å². The van der Waals surface area contributed by atoms with E-state index >= 15 is 0 Å². The Labute approximate surface area is 196 Å². The lowest BCUT2D eigenvalue weighted by atomic mass is 9.99. The number of hydrogen-bond donors (Lipinski definition) is 3. The zero-order chi connectivity index (χ0) is 23.7. The van der Waals surface area contributed by atoms with Crippen LogP contribution in [0, 0.1) is 0 Å². The van der Waals surface area contributed by atoms with E-state index in [1.54, 1.807) is 29.9 Å². The fourth-order valence-electron chi connectivity index (χ4n) is 4.08. The third kappa shape index (κ3) is 3.89. The van der Waals surface area contributed by atoms with Gasteiger partial charge in [0.05, 0.1) is 17.9 Å². The highest BCUT2D eigenvalue weighted by Gasteiger charge is 2.17. The first-order valence-corrected chi connectivity index (χ1v) is 10.9. The zero-order valence-corrected chi connectivity index (χ0v) is 18.6. The van der Waals surface area contributed by atoms with E-state index in [-0.39, 0.29) is 18.4 Å². The van der Waals surface area contributed by atoms with E-state index in [2.05, 4.69) is 52.1 Å². The van der Waals surface area contributed by atoms with Crippen LogP contribution in [0.4, 0.5) is 5.69 Å². The van der Waals surface area contributed by atoms with Crippen LogP contribution in [0.1, 0.15) is 10.5 Å². The summed E-state index contributed by atoms with van der Waals surface area (Å²) in [6.45, 7) is -0.0861. The smallest absolute Gasteiger partial charge is 0.271 e. The fraction of sp³-hybridized carbons (Fsp3) is 0.0741. The Hall–Kier alpha value is -4.49. The molecule has 0 unspecified atom stereocenters. The van der Waals surface area contributed by atoms with Gasteiger partial charge in [-0.15, -0.1) is 0 Å². The van der Waals surface area contributed by atoms with E-state index in [0.29, 0.717) is 11.4 Å². The van der Waals surface area contributed by atoms with Gasteiger partial charge in [-0.2, -0.15) is 5.10 Å². The largest absolute Gasteiger partial charge is 0.354 e. The minimum absolute atomic E-state index is 0.0861. The van der Waals surface area contributed by atoms with Crippen molar-refractivity contribution in [3.8, 4) is 16.9 Å². The van der Waals surface area contributed by atoms with Crippen LogP contribution in [0.15, 0.2) is 84.9 Å². The van der Waals surface area contributed by atoms with Crippen molar-refractivity contribution in [1.82, 2.24) is 15.1 Å². The van der Waals surface area contributed by atoms with Gasteiger partial charge in [0, 0.05) is 18.3 Å². The number of amides is 2. The first-order valence-electron chi connectivity index (χ1n) is 10.9. The third-order valence-electron chi connectivity index (χ3n) is 5.79. The van der Waals surface area contributed by atoms with Gasteiger partial charge >= 0.3 is 0 Å². The highest BCUT2D eigenvalue weighted by molar-refractivity contribution is 6.08. The normalized spacial score (nSPS) is 11.0. The molecule has 1 heterocycles. The second-order valence-corrected chi connectivity index (χ2v) is 7.93. The minimum atomic E-state index is -0.266. The summed E-state index contributed by atoms with van der Waals surface area (Å²) in [6, 6.07) is 27.8. The van der Waals surface area contributed by atoms with Gasteiger partial charge in [-0.25, -0.2) is 4.68 Å². The summed E-state index contributed by atoms with van der Waals surface area (Å²) in [5, 5.41) is 14.5. The topological polar surface area (TPSA) is 102 Å². The summed E-state index contributed by atoms with van der Waals surface area (Å²) in [5.74, 6) is -0.532. The van der Waals surface area contributed by atoms with Gasteiger partial charge in [-0.1, -0.05) is 48.5 Å². The third-order valence-corrected chi connectivity index (χ3v) is 5.79. The number of anilines is 1. The number of fused-ring (bicyclic) bond motifs is 3. The number of carbonyl (C=O) groups excluding carboxylic acids is 2. The average Bonchev–Trinajstić information content (AvgIpc) is 3.33. The Morgan fingerprint density at radius 3 is 2.32 bits per heavy atom. The van der Waals surface area contributed by atoms with Crippen molar-refractivity contribution in [3.63, 3.8) is 0 Å². The van der Waals surface area contributed by atoms with Gasteiger partial charge in [0.15, 0.2) is 5.69 Å². The molecular weight excluding hydrogens is 426 g/mol. The predicted octanol–water partition coefficient (Wildman–Crippen LogP) is 4.10. The summed E-state index contributed by atoms with van der Waals surface area (Å²) < 4.78 is 1.74. The van der Waals surface area contributed by atoms with Gasteiger partial charge in [0.2, 0.25) is 5.91 Å². The van der Waals surface area contributed by atoms with Gasteiger partial charge in [-0.3, -0.25) is 9.59 Å². The molecule has 2 amide bonds. The van der Waals surface area contributed by atoms with Crippen molar-refractivity contribution >= 4 is 39.0 Å². The Bertz CT molecular complexity index is 1540. The fourth-order valence-corrected chi connectivity index (χ4v) is 4.08. The molecule has 1 aromatic heterocycles. The van der Waals surface area contributed by atoms with Crippen LogP contribution in [0.5, 0.6) is 0 Å². The number of nitrogens with two attached hydrogens (primary N) is 1. The van der Waals surface area contributed by atoms with Crippen LogP contribution < -0.4 is 16.4 Å². The standard InChI is InChI=1S/C27H23N5O2/c1-29-27(34)24-15-25(32(31-24)21-12-10-20(11-13-21)30-26(33)16-28)19-9-8-18-7-6-17-4-2-3-5-22(17)23(18)14-19/h2-15H,16,28H2,1H3,(H,29,34)(H,30,33). The second-order valence-electron chi connectivity index (χ2n) is 7.93. The maximum absolute atomic E-state index is 12.4. The summed E-state index contributed by atoms with van der Waals surface area (Å²) >= 11 is 0. The molecule has 0 radical (unpaired) electrons. The van der Waals surface area contributed by atoms with E-state index in [9.17, 15) is 9.59 Å². The van der Waals surface area contributed by atoms with Crippen LogP contribution in [0.3, 0.4) is 0 Å². The van der Waals surface area contributed by atoms with Crippen molar-refractivity contribution in [2.75, 3.05) is 18.9 Å². The van der Waals surface area contributed by atoms with Gasteiger partial charge in [0.25, 0.3) is 5.91 Å². The Morgan fingerprint density at radius 1 is 0.882 bits per heavy atom. The van der Waals surface area contributed by atoms with Crippen LogP contribution in [-0.4, -0.2) is 35.2 Å². The molecule has 0 atom stereocenters. The monoisotopic (exact) mass is 449 g/mol. The van der Waals surface area contributed by atoms with Gasteiger partial charge in [0.1, 0.15) is 0 Å². The van der Waals surface area contributed by atoms with E-state index in [1.165, 1.54) is 10.8 Å². The maximum atomic E-state index is 12.4. The molecule has 34 heavy (non-hydrogen) atoms. The molecule has 168 valence electrons. The molecule has 0 fully saturated rings. The first kappa shape index (κ1) is 21.4. The number of carbonyl (C=O) groups is 2. The molecular formula is C27H23N5O2. The SMILES string of the molecule is CNC(=O)c1cc(-c2ccc3ccc4ccccc4c3c2)n(-c2ccc(NC(=O)CN)cc2)n1. The van der Waals surface area contributed by atoms with Crippen LogP contribution >= 0.6 is 0 Å². The Balaban J connectivity index is 1.65. The lowest BCUT2D eigenvalue weighted by molar-refractivity contribution is -0.114. The highest BCUT2D eigenvalue weighted by atomic mass is 16.2. The number of rotatable bonds is 5. The summed E-state index contributed by atoms with van der Waals surface area (Å²) in [4.78, 5) is 24.0. The molecule has 5 rings (SSSR count). The molecule has 0 saturated carbocycles. The Kier molecular flexibility index (Phi) is 5.53. The summed E-state index contributed by atoms with van der Waals surface area (Å²) in [7, 11) is 1.58. The van der Waals surface area contributed by atoms with Crippen molar-refractivity contribution in [1.29, 1.82) is 0 Å². The second kappa shape index (κ2) is 8.80. The number of nitrogens with one attached hydrogen (secondary N) is 2. The summed E-state index contributed by atoms with van der Waals surface area (Å²) in [6.07, 6.45) is 0. The first-order chi connectivity index (χ1) is 16.6. The predicted molar refractivity (Wildman–Crippen MR) is 135 cm³/mol. The number of hydrogen-bond acceptors (Lipinski definition) is 4. The molecule has 5 aromatic rings. The van der Waals surface area contributed by atoms with E-state index in [4.69, 9.17) is 5.73 Å². The minimum Gasteiger partial charge on any atom is -0.354 e. The Morgan fingerprint density at radius 2 is 1.59 bits per heavy atom. The zero-order valence-electron chi connectivity index (χ0n) is 18.6. The lowest BCUT2D eigenvalue weighted by Crippen LogP contribution is -2.21. The number of nitrogens with zero attached hydrogens (tertiary/aromatic N) is 2. The molecule has 0 aliphatic rings. The van der Waals surface area contributed by atoms with E-state index < -0.39 is 0 Å².